The second kappa shape index (κ2) is 10.4. The largest absolute Gasteiger partial charge is 0.336 e. The fraction of sp³-hybridized carbons (Fsp3) is 0.591. The van der Waals surface area contributed by atoms with Gasteiger partial charge in [-0.25, -0.2) is 13.1 Å². The van der Waals surface area contributed by atoms with Gasteiger partial charge in [-0.15, -0.1) is 10.2 Å². The lowest BCUT2D eigenvalue weighted by Crippen LogP contribution is -2.36. The number of rotatable bonds is 7. The molecule has 1 aliphatic heterocycles. The van der Waals surface area contributed by atoms with Gasteiger partial charge in [0.2, 0.25) is 21.1 Å². The summed E-state index contributed by atoms with van der Waals surface area (Å²) in [6.45, 7) is 2.85. The van der Waals surface area contributed by atoms with Crippen molar-refractivity contribution in [2.45, 2.75) is 74.3 Å². The highest BCUT2D eigenvalue weighted by Gasteiger charge is 2.28. The number of carbonyl (C=O) groups is 1. The zero-order valence-corrected chi connectivity index (χ0v) is 20.6. The van der Waals surface area contributed by atoms with Gasteiger partial charge in [0.05, 0.1) is 10.6 Å². The highest BCUT2D eigenvalue weighted by Crippen LogP contribution is 2.32. The number of carbonyl (C=O) groups excluding carboxylic acids is 1. The van der Waals surface area contributed by atoms with Gasteiger partial charge >= 0.3 is 0 Å². The normalized spacial score (nSPS) is 18.3. The molecule has 0 radical (unpaired) electrons. The molecular weight excluding hydrogens is 460 g/mol. The topological polar surface area (TPSA) is 123 Å². The molecule has 1 aromatic carbocycles. The zero-order valence-electron chi connectivity index (χ0n) is 19.0. The SMILES string of the molecule is Cc1ccc(NC(=O)CSc2nnc(C3CCCCC3)n2N)cc1S(=O)(=O)N1CCCCC1. The molecule has 1 aromatic heterocycles. The third-order valence-corrected chi connectivity index (χ3v) is 9.38. The van der Waals surface area contributed by atoms with E-state index in [4.69, 9.17) is 5.84 Å². The van der Waals surface area contributed by atoms with E-state index in [1.54, 1.807) is 25.1 Å². The molecule has 2 fully saturated rings. The number of hydrogen-bond acceptors (Lipinski definition) is 7. The van der Waals surface area contributed by atoms with Crippen molar-refractivity contribution < 1.29 is 13.2 Å². The van der Waals surface area contributed by atoms with Crippen LogP contribution >= 0.6 is 11.8 Å². The van der Waals surface area contributed by atoms with Crippen molar-refractivity contribution in [2.24, 2.45) is 0 Å². The van der Waals surface area contributed by atoms with Crippen LogP contribution in [0.2, 0.25) is 0 Å². The summed E-state index contributed by atoms with van der Waals surface area (Å²) in [6, 6.07) is 5.00. The van der Waals surface area contributed by atoms with Gasteiger partial charge in [0.1, 0.15) is 0 Å². The Balaban J connectivity index is 1.39. The molecule has 33 heavy (non-hydrogen) atoms. The number of amides is 1. The number of nitrogens with two attached hydrogens (primary N) is 1. The number of nitrogen functional groups attached to an aromatic ring is 1. The van der Waals surface area contributed by atoms with E-state index in [2.05, 4.69) is 15.5 Å². The van der Waals surface area contributed by atoms with Crippen molar-refractivity contribution in [1.82, 2.24) is 19.2 Å². The minimum Gasteiger partial charge on any atom is -0.336 e. The molecule has 2 heterocycles. The van der Waals surface area contributed by atoms with E-state index in [1.165, 1.54) is 40.0 Å². The molecule has 1 saturated heterocycles. The molecule has 1 amide bonds. The molecular formula is C22H32N6O3S2. The first-order chi connectivity index (χ1) is 15.9. The molecule has 2 aromatic rings. The summed E-state index contributed by atoms with van der Waals surface area (Å²) >= 11 is 1.22. The third-order valence-electron chi connectivity index (χ3n) is 6.40. The maximum absolute atomic E-state index is 13.1. The summed E-state index contributed by atoms with van der Waals surface area (Å²) in [5.41, 5.74) is 1.12. The number of aryl methyl sites for hydroxylation is 1. The summed E-state index contributed by atoms with van der Waals surface area (Å²) in [7, 11) is -3.58. The summed E-state index contributed by atoms with van der Waals surface area (Å²) in [5.74, 6) is 7.15. The highest BCUT2D eigenvalue weighted by atomic mass is 32.2. The fourth-order valence-electron chi connectivity index (χ4n) is 4.55. The molecule has 1 aliphatic carbocycles. The summed E-state index contributed by atoms with van der Waals surface area (Å²) < 4.78 is 29.3. The Morgan fingerprint density at radius 3 is 2.55 bits per heavy atom. The van der Waals surface area contributed by atoms with Gasteiger partial charge < -0.3 is 11.2 Å². The summed E-state index contributed by atoms with van der Waals surface area (Å²) in [6.07, 6.45) is 8.53. The lowest BCUT2D eigenvalue weighted by Gasteiger charge is -2.26. The van der Waals surface area contributed by atoms with Crippen LogP contribution in [0.1, 0.15) is 68.7 Å². The number of benzene rings is 1. The van der Waals surface area contributed by atoms with Crippen LogP contribution in [0, 0.1) is 6.92 Å². The third kappa shape index (κ3) is 5.52. The van der Waals surface area contributed by atoms with Crippen LogP contribution in [0.4, 0.5) is 5.69 Å². The molecule has 2 aliphatic rings. The molecule has 0 atom stereocenters. The van der Waals surface area contributed by atoms with Crippen LogP contribution in [-0.4, -0.2) is 52.3 Å². The van der Waals surface area contributed by atoms with Gasteiger partial charge in [-0.2, -0.15) is 4.31 Å². The van der Waals surface area contributed by atoms with E-state index in [0.717, 1.165) is 37.9 Å². The molecule has 0 spiro atoms. The lowest BCUT2D eigenvalue weighted by molar-refractivity contribution is -0.113. The first kappa shape index (κ1) is 24.0. The first-order valence-corrected chi connectivity index (χ1v) is 14.0. The van der Waals surface area contributed by atoms with Crippen molar-refractivity contribution >= 4 is 33.4 Å². The molecule has 1 saturated carbocycles. The Labute approximate surface area is 199 Å². The number of thioether (sulfide) groups is 1. The lowest BCUT2D eigenvalue weighted by atomic mass is 9.89. The van der Waals surface area contributed by atoms with Gasteiger partial charge in [0.25, 0.3) is 0 Å². The van der Waals surface area contributed by atoms with Gasteiger partial charge in [-0.1, -0.05) is 43.5 Å². The second-order valence-electron chi connectivity index (χ2n) is 8.83. The van der Waals surface area contributed by atoms with Gasteiger partial charge in [0, 0.05) is 24.7 Å². The van der Waals surface area contributed by atoms with Crippen molar-refractivity contribution in [3.05, 3.63) is 29.6 Å². The highest BCUT2D eigenvalue weighted by molar-refractivity contribution is 7.99. The number of piperidine rings is 1. The average Bonchev–Trinajstić information content (AvgIpc) is 3.20. The molecule has 0 bridgehead atoms. The number of anilines is 1. The molecule has 180 valence electrons. The molecule has 3 N–H and O–H groups in total. The maximum atomic E-state index is 13.1. The Morgan fingerprint density at radius 2 is 1.82 bits per heavy atom. The molecule has 0 unspecified atom stereocenters. The number of nitrogens with zero attached hydrogens (tertiary/aromatic N) is 4. The summed E-state index contributed by atoms with van der Waals surface area (Å²) in [4.78, 5) is 12.8. The van der Waals surface area contributed by atoms with Crippen molar-refractivity contribution in [3.8, 4) is 0 Å². The minimum atomic E-state index is -3.58. The second-order valence-corrected chi connectivity index (χ2v) is 11.7. The maximum Gasteiger partial charge on any atom is 0.243 e. The number of aromatic nitrogens is 3. The van der Waals surface area contributed by atoms with Crippen molar-refractivity contribution in [3.63, 3.8) is 0 Å². The summed E-state index contributed by atoms with van der Waals surface area (Å²) in [5, 5.41) is 11.7. The Kier molecular flexibility index (Phi) is 7.60. The fourth-order valence-corrected chi connectivity index (χ4v) is 6.98. The molecule has 4 rings (SSSR count). The smallest absolute Gasteiger partial charge is 0.243 e. The van der Waals surface area contributed by atoms with Gasteiger partial charge in [-0.3, -0.25) is 4.79 Å². The number of nitrogens with one attached hydrogen (secondary N) is 1. The Bertz CT molecular complexity index is 1090. The van der Waals surface area contributed by atoms with Crippen LogP contribution in [0.15, 0.2) is 28.3 Å². The van der Waals surface area contributed by atoms with Crippen LogP contribution in [0.25, 0.3) is 0 Å². The minimum absolute atomic E-state index is 0.0993. The van der Waals surface area contributed by atoms with E-state index < -0.39 is 10.0 Å². The Hall–Kier alpha value is -2.11. The van der Waals surface area contributed by atoms with E-state index >= 15 is 0 Å². The standard InChI is InChI=1S/C22H32N6O3S2/c1-16-10-11-18(14-19(16)33(30,31)27-12-6-3-7-13-27)24-20(29)15-32-22-26-25-21(28(22)23)17-8-4-2-5-9-17/h10-11,14,17H,2-9,12-13,15,23H2,1H3,(H,24,29). The molecule has 9 nitrogen and oxygen atoms in total. The average molecular weight is 493 g/mol. The zero-order chi connectivity index (χ0) is 23.4. The van der Waals surface area contributed by atoms with Crippen LogP contribution in [-0.2, 0) is 14.8 Å². The van der Waals surface area contributed by atoms with Gasteiger partial charge in [-0.05, 0) is 50.3 Å². The van der Waals surface area contributed by atoms with Gasteiger partial charge in [0.15, 0.2) is 5.82 Å². The predicted molar refractivity (Wildman–Crippen MR) is 129 cm³/mol. The van der Waals surface area contributed by atoms with Crippen molar-refractivity contribution in [1.29, 1.82) is 0 Å². The number of sulfonamides is 1. The Morgan fingerprint density at radius 1 is 1.12 bits per heavy atom. The number of hydrogen-bond donors (Lipinski definition) is 2. The van der Waals surface area contributed by atoms with E-state index in [9.17, 15) is 13.2 Å². The van der Waals surface area contributed by atoms with Crippen LogP contribution in [0.3, 0.4) is 0 Å². The van der Waals surface area contributed by atoms with Crippen molar-refractivity contribution in [2.75, 3.05) is 30.0 Å². The first-order valence-electron chi connectivity index (χ1n) is 11.6. The van der Waals surface area contributed by atoms with E-state index in [-0.39, 0.29) is 16.6 Å². The molecule has 11 heteroatoms. The predicted octanol–water partition coefficient (Wildman–Crippen LogP) is 3.25. The van der Waals surface area contributed by atoms with Crippen LogP contribution < -0.4 is 11.2 Å². The monoisotopic (exact) mass is 492 g/mol. The van der Waals surface area contributed by atoms with E-state index in [1.807, 2.05) is 0 Å². The van der Waals surface area contributed by atoms with Crippen LogP contribution in [0.5, 0.6) is 0 Å². The quantitative estimate of drug-likeness (QED) is 0.449. The van der Waals surface area contributed by atoms with E-state index in [0.29, 0.717) is 35.4 Å².